The van der Waals surface area contributed by atoms with E-state index in [0.717, 1.165) is 0 Å². The first-order valence-electron chi connectivity index (χ1n) is 5.64. The van der Waals surface area contributed by atoms with Crippen LogP contribution in [-0.4, -0.2) is 60.5 Å². The van der Waals surface area contributed by atoms with Crippen LogP contribution >= 0.6 is 0 Å². The molecule has 0 aromatic carbocycles. The van der Waals surface area contributed by atoms with Gasteiger partial charge in [0, 0.05) is 13.1 Å². The monoisotopic (exact) mass is 229 g/mol. The van der Waals surface area contributed by atoms with Gasteiger partial charge in [0.15, 0.2) is 0 Å². The number of amides is 1. The van der Waals surface area contributed by atoms with E-state index >= 15 is 0 Å². The Balaban J connectivity index is 1.96. The highest BCUT2D eigenvalue weighted by atomic mass is 16.6. The molecule has 0 spiro atoms. The smallest absolute Gasteiger partial charge is 0.410 e. The molecule has 2 aliphatic rings. The molecule has 1 amide bonds. The molecule has 2 aliphatic heterocycles. The van der Waals surface area contributed by atoms with Crippen molar-refractivity contribution in [3.05, 3.63) is 0 Å². The molecule has 2 unspecified atom stereocenters. The van der Waals surface area contributed by atoms with Gasteiger partial charge < -0.3 is 14.4 Å². The molecular formula is C10H19N3O3. The maximum Gasteiger partial charge on any atom is 0.410 e. The molecular weight excluding hydrogens is 210 g/mol. The van der Waals surface area contributed by atoms with E-state index in [9.17, 15) is 4.79 Å². The van der Waals surface area contributed by atoms with Gasteiger partial charge in [-0.15, -0.1) is 0 Å². The SMILES string of the molecule is CC(C)OC(=O)N1CC2COCC(C1)N2N. The molecule has 2 N–H and O–H groups in total. The van der Waals surface area contributed by atoms with Crippen molar-refractivity contribution >= 4 is 6.09 Å². The summed E-state index contributed by atoms with van der Waals surface area (Å²) in [4.78, 5) is 13.5. The van der Waals surface area contributed by atoms with Crippen molar-refractivity contribution in [2.75, 3.05) is 26.3 Å². The summed E-state index contributed by atoms with van der Waals surface area (Å²) in [5, 5.41) is 1.81. The summed E-state index contributed by atoms with van der Waals surface area (Å²) in [5.74, 6) is 5.92. The van der Waals surface area contributed by atoms with Gasteiger partial charge in [-0.2, -0.15) is 0 Å². The summed E-state index contributed by atoms with van der Waals surface area (Å²) < 4.78 is 10.6. The molecule has 0 radical (unpaired) electrons. The fourth-order valence-electron chi connectivity index (χ4n) is 2.11. The molecule has 2 fully saturated rings. The number of hydrogen-bond acceptors (Lipinski definition) is 5. The van der Waals surface area contributed by atoms with Crippen molar-refractivity contribution in [1.82, 2.24) is 9.91 Å². The first kappa shape index (κ1) is 11.6. The van der Waals surface area contributed by atoms with Gasteiger partial charge in [-0.3, -0.25) is 5.84 Å². The van der Waals surface area contributed by atoms with Gasteiger partial charge >= 0.3 is 6.09 Å². The average Bonchev–Trinajstić information content (AvgIpc) is 2.15. The van der Waals surface area contributed by atoms with Crippen LogP contribution in [0.4, 0.5) is 4.79 Å². The number of piperazine rings is 1. The molecule has 2 rings (SSSR count). The third-order valence-electron chi connectivity index (χ3n) is 2.92. The quantitative estimate of drug-likeness (QED) is 0.630. The largest absolute Gasteiger partial charge is 0.447 e. The Bertz CT molecular complexity index is 258. The zero-order valence-corrected chi connectivity index (χ0v) is 9.76. The van der Waals surface area contributed by atoms with E-state index in [4.69, 9.17) is 15.3 Å². The molecule has 0 aromatic rings. The van der Waals surface area contributed by atoms with Crippen molar-refractivity contribution in [2.24, 2.45) is 5.84 Å². The molecule has 0 saturated carbocycles. The number of hydrogen-bond donors (Lipinski definition) is 1. The van der Waals surface area contributed by atoms with Crippen LogP contribution < -0.4 is 5.84 Å². The second-order valence-electron chi connectivity index (χ2n) is 4.63. The average molecular weight is 229 g/mol. The molecule has 0 aliphatic carbocycles. The number of carbonyl (C=O) groups is 1. The van der Waals surface area contributed by atoms with Gasteiger partial charge in [-0.1, -0.05) is 0 Å². The lowest BCUT2D eigenvalue weighted by Gasteiger charge is -2.46. The number of nitrogens with two attached hydrogens (primary N) is 1. The highest BCUT2D eigenvalue weighted by Crippen LogP contribution is 2.18. The summed E-state index contributed by atoms with van der Waals surface area (Å²) in [6, 6.07) is 0.180. The van der Waals surface area contributed by atoms with Gasteiger partial charge in [0.2, 0.25) is 0 Å². The second kappa shape index (κ2) is 4.57. The highest BCUT2D eigenvalue weighted by Gasteiger charge is 2.38. The number of hydrazine groups is 1. The molecule has 6 heteroatoms. The number of rotatable bonds is 1. The molecule has 2 heterocycles. The van der Waals surface area contributed by atoms with E-state index in [1.54, 1.807) is 4.90 Å². The van der Waals surface area contributed by atoms with E-state index in [2.05, 4.69) is 0 Å². The summed E-state index contributed by atoms with van der Waals surface area (Å²) in [7, 11) is 0. The number of fused-ring (bicyclic) bond motifs is 2. The minimum atomic E-state index is -0.250. The molecule has 6 nitrogen and oxygen atoms in total. The van der Waals surface area contributed by atoms with Crippen molar-refractivity contribution in [1.29, 1.82) is 0 Å². The maximum atomic E-state index is 11.7. The summed E-state index contributed by atoms with van der Waals surface area (Å²) in [6.45, 7) is 6.02. The van der Waals surface area contributed by atoms with Crippen molar-refractivity contribution in [3.63, 3.8) is 0 Å². The second-order valence-corrected chi connectivity index (χ2v) is 4.63. The minimum absolute atomic E-state index is 0.0838. The van der Waals surface area contributed by atoms with Gasteiger partial charge in [0.25, 0.3) is 0 Å². The van der Waals surface area contributed by atoms with Crippen molar-refractivity contribution < 1.29 is 14.3 Å². The Kier molecular flexibility index (Phi) is 3.32. The Morgan fingerprint density at radius 3 is 2.44 bits per heavy atom. The third-order valence-corrected chi connectivity index (χ3v) is 2.92. The Morgan fingerprint density at radius 1 is 1.38 bits per heavy atom. The van der Waals surface area contributed by atoms with E-state index < -0.39 is 0 Å². The lowest BCUT2D eigenvalue weighted by molar-refractivity contribution is -0.0951. The van der Waals surface area contributed by atoms with E-state index in [0.29, 0.717) is 26.3 Å². The summed E-state index contributed by atoms with van der Waals surface area (Å²) in [6.07, 6.45) is -0.334. The van der Waals surface area contributed by atoms with Gasteiger partial charge in [0.05, 0.1) is 31.4 Å². The fourth-order valence-corrected chi connectivity index (χ4v) is 2.11. The van der Waals surface area contributed by atoms with E-state index in [1.165, 1.54) is 0 Å². The van der Waals surface area contributed by atoms with Crippen LogP contribution in [-0.2, 0) is 9.47 Å². The lowest BCUT2D eigenvalue weighted by Crippen LogP contribution is -2.67. The Hall–Kier alpha value is -0.850. The topological polar surface area (TPSA) is 68.0 Å². The van der Waals surface area contributed by atoms with Crippen LogP contribution in [0.3, 0.4) is 0 Å². The van der Waals surface area contributed by atoms with Crippen LogP contribution in [0.2, 0.25) is 0 Å². The minimum Gasteiger partial charge on any atom is -0.447 e. The standard InChI is InChI=1S/C10H19N3O3/c1-7(2)16-10(14)12-3-8-5-15-6-9(4-12)13(8)11/h7-9H,3-6,11H2,1-2H3. The predicted molar refractivity (Wildman–Crippen MR) is 57.6 cm³/mol. The maximum absolute atomic E-state index is 11.7. The zero-order valence-electron chi connectivity index (χ0n) is 9.76. The number of nitrogens with zero attached hydrogens (tertiary/aromatic N) is 2. The van der Waals surface area contributed by atoms with Crippen molar-refractivity contribution in [2.45, 2.75) is 32.0 Å². The molecule has 2 bridgehead atoms. The highest BCUT2D eigenvalue weighted by molar-refractivity contribution is 5.68. The van der Waals surface area contributed by atoms with Gasteiger partial charge in [-0.05, 0) is 13.8 Å². The molecule has 16 heavy (non-hydrogen) atoms. The number of ether oxygens (including phenoxy) is 2. The molecule has 2 saturated heterocycles. The van der Waals surface area contributed by atoms with E-state index in [1.807, 2.05) is 18.9 Å². The van der Waals surface area contributed by atoms with Crippen LogP contribution in [0.1, 0.15) is 13.8 Å². The molecule has 92 valence electrons. The first-order chi connectivity index (χ1) is 7.58. The molecule has 0 aromatic heterocycles. The Morgan fingerprint density at radius 2 is 1.94 bits per heavy atom. The summed E-state index contributed by atoms with van der Waals surface area (Å²) in [5.41, 5.74) is 0. The van der Waals surface area contributed by atoms with Gasteiger partial charge in [0.1, 0.15) is 0 Å². The lowest BCUT2D eigenvalue weighted by atomic mass is 10.1. The zero-order chi connectivity index (χ0) is 11.7. The normalized spacial score (nSPS) is 30.6. The van der Waals surface area contributed by atoms with E-state index in [-0.39, 0.29) is 24.3 Å². The van der Waals surface area contributed by atoms with Gasteiger partial charge in [-0.25, -0.2) is 9.80 Å². The Labute approximate surface area is 95.2 Å². The predicted octanol–water partition coefficient (Wildman–Crippen LogP) is -0.210. The third kappa shape index (κ3) is 2.28. The van der Waals surface area contributed by atoms with Crippen LogP contribution in [0, 0.1) is 0 Å². The van der Waals surface area contributed by atoms with Crippen LogP contribution in [0.5, 0.6) is 0 Å². The number of carbonyl (C=O) groups excluding carboxylic acids is 1. The first-order valence-corrected chi connectivity index (χ1v) is 5.64. The van der Waals surface area contributed by atoms with Crippen LogP contribution in [0.15, 0.2) is 0 Å². The summed E-state index contributed by atoms with van der Waals surface area (Å²) >= 11 is 0. The van der Waals surface area contributed by atoms with Crippen LogP contribution in [0.25, 0.3) is 0 Å². The molecule has 2 atom stereocenters. The fraction of sp³-hybridized carbons (Fsp3) is 0.900. The number of morpholine rings is 1. The van der Waals surface area contributed by atoms with Crippen molar-refractivity contribution in [3.8, 4) is 0 Å².